The first kappa shape index (κ1) is 11.4. The summed E-state index contributed by atoms with van der Waals surface area (Å²) in [5.74, 6) is -0.0502. The minimum absolute atomic E-state index is 0.0502. The first-order valence-electron chi connectivity index (χ1n) is 5.51. The average Bonchev–Trinajstić information content (AvgIpc) is 2.67. The van der Waals surface area contributed by atoms with Crippen LogP contribution in [0.4, 0.5) is 5.69 Å². The Hall–Kier alpha value is -2.10. The van der Waals surface area contributed by atoms with E-state index >= 15 is 0 Å². The van der Waals surface area contributed by atoms with Crippen LogP contribution in [0.5, 0.6) is 0 Å². The zero-order valence-corrected chi connectivity index (χ0v) is 9.95. The van der Waals surface area contributed by atoms with Gasteiger partial charge in [-0.25, -0.2) is 0 Å². The fraction of sp³-hybridized carbons (Fsp3) is 0.231. The third-order valence-corrected chi connectivity index (χ3v) is 2.52. The SMILES string of the molecule is Cc1cc(CC(=O)Nc2ccccc2C)n[nH]1. The number of hydrogen-bond acceptors (Lipinski definition) is 2. The number of para-hydroxylation sites is 1. The Morgan fingerprint density at radius 1 is 1.35 bits per heavy atom. The second kappa shape index (κ2) is 4.82. The van der Waals surface area contributed by atoms with Crippen LogP contribution in [0.25, 0.3) is 0 Å². The Balaban J connectivity index is 2.01. The summed E-state index contributed by atoms with van der Waals surface area (Å²) in [6, 6.07) is 9.58. The lowest BCUT2D eigenvalue weighted by Crippen LogP contribution is -2.15. The third-order valence-electron chi connectivity index (χ3n) is 2.52. The highest BCUT2D eigenvalue weighted by Gasteiger charge is 2.07. The van der Waals surface area contributed by atoms with Gasteiger partial charge in [0.05, 0.1) is 12.1 Å². The minimum atomic E-state index is -0.0502. The van der Waals surface area contributed by atoms with Gasteiger partial charge in [-0.3, -0.25) is 9.89 Å². The summed E-state index contributed by atoms with van der Waals surface area (Å²) in [6.07, 6.45) is 0.290. The fourth-order valence-corrected chi connectivity index (χ4v) is 1.64. The molecular formula is C13H15N3O. The Labute approximate surface area is 100 Å². The van der Waals surface area contributed by atoms with E-state index in [-0.39, 0.29) is 5.91 Å². The summed E-state index contributed by atoms with van der Waals surface area (Å²) in [5.41, 5.74) is 3.63. The Kier molecular flexibility index (Phi) is 3.23. The first-order valence-corrected chi connectivity index (χ1v) is 5.51. The van der Waals surface area contributed by atoms with Crippen molar-refractivity contribution in [3.63, 3.8) is 0 Å². The van der Waals surface area contributed by atoms with Crippen LogP contribution in [-0.2, 0) is 11.2 Å². The molecule has 2 aromatic rings. The van der Waals surface area contributed by atoms with Crippen LogP contribution < -0.4 is 5.32 Å². The Bertz CT molecular complexity index is 531. The van der Waals surface area contributed by atoms with Crippen molar-refractivity contribution in [2.24, 2.45) is 0 Å². The van der Waals surface area contributed by atoms with Crippen LogP contribution in [0, 0.1) is 13.8 Å². The van der Waals surface area contributed by atoms with E-state index in [9.17, 15) is 4.79 Å². The van der Waals surface area contributed by atoms with E-state index < -0.39 is 0 Å². The smallest absolute Gasteiger partial charge is 0.230 e. The highest BCUT2D eigenvalue weighted by molar-refractivity contribution is 5.92. The molecule has 2 N–H and O–H groups in total. The molecule has 4 nitrogen and oxygen atoms in total. The quantitative estimate of drug-likeness (QED) is 0.847. The lowest BCUT2D eigenvalue weighted by molar-refractivity contribution is -0.115. The Morgan fingerprint density at radius 2 is 2.12 bits per heavy atom. The van der Waals surface area contributed by atoms with E-state index in [0.717, 1.165) is 22.6 Å². The fourth-order valence-electron chi connectivity index (χ4n) is 1.64. The molecule has 0 saturated heterocycles. The molecule has 0 fully saturated rings. The number of carbonyl (C=O) groups excluding carboxylic acids is 1. The molecule has 1 aromatic heterocycles. The topological polar surface area (TPSA) is 57.8 Å². The number of carbonyl (C=O) groups is 1. The largest absolute Gasteiger partial charge is 0.326 e. The van der Waals surface area contributed by atoms with Gasteiger partial charge in [0.2, 0.25) is 5.91 Å². The number of rotatable bonds is 3. The molecule has 0 radical (unpaired) electrons. The molecule has 0 aliphatic heterocycles. The van der Waals surface area contributed by atoms with Crippen molar-refractivity contribution in [2.45, 2.75) is 20.3 Å². The summed E-state index contributed by atoms with van der Waals surface area (Å²) in [6.45, 7) is 3.88. The number of nitrogens with zero attached hydrogens (tertiary/aromatic N) is 1. The van der Waals surface area contributed by atoms with E-state index in [0.29, 0.717) is 6.42 Å². The summed E-state index contributed by atoms with van der Waals surface area (Å²) in [5, 5.41) is 9.73. The molecule has 0 unspecified atom stereocenters. The second-order valence-corrected chi connectivity index (χ2v) is 4.08. The van der Waals surface area contributed by atoms with Gasteiger partial charge in [0.25, 0.3) is 0 Å². The van der Waals surface area contributed by atoms with Crippen LogP contribution in [0.1, 0.15) is 17.0 Å². The number of aromatic amines is 1. The maximum atomic E-state index is 11.8. The normalized spacial score (nSPS) is 10.2. The van der Waals surface area contributed by atoms with Crippen molar-refractivity contribution in [3.8, 4) is 0 Å². The van der Waals surface area contributed by atoms with Crippen molar-refractivity contribution in [3.05, 3.63) is 47.3 Å². The molecule has 88 valence electrons. The summed E-state index contributed by atoms with van der Waals surface area (Å²) in [4.78, 5) is 11.8. The highest BCUT2D eigenvalue weighted by atomic mass is 16.1. The molecule has 4 heteroatoms. The van der Waals surface area contributed by atoms with Crippen molar-refractivity contribution in [1.82, 2.24) is 10.2 Å². The summed E-state index contributed by atoms with van der Waals surface area (Å²) < 4.78 is 0. The lowest BCUT2D eigenvalue weighted by atomic mass is 10.2. The van der Waals surface area contributed by atoms with Crippen LogP contribution in [0.2, 0.25) is 0 Å². The van der Waals surface area contributed by atoms with Crippen molar-refractivity contribution < 1.29 is 4.79 Å². The van der Waals surface area contributed by atoms with Gasteiger partial charge < -0.3 is 5.32 Å². The molecular weight excluding hydrogens is 214 g/mol. The minimum Gasteiger partial charge on any atom is -0.326 e. The number of H-pyrrole nitrogens is 1. The van der Waals surface area contributed by atoms with Gasteiger partial charge in [-0.1, -0.05) is 18.2 Å². The third kappa shape index (κ3) is 2.93. The van der Waals surface area contributed by atoms with Crippen molar-refractivity contribution >= 4 is 11.6 Å². The highest BCUT2D eigenvalue weighted by Crippen LogP contribution is 2.13. The monoisotopic (exact) mass is 229 g/mol. The molecule has 2 rings (SSSR count). The van der Waals surface area contributed by atoms with Crippen LogP contribution in [0.3, 0.4) is 0 Å². The molecule has 0 aliphatic carbocycles. The number of amides is 1. The summed E-state index contributed by atoms with van der Waals surface area (Å²) >= 11 is 0. The molecule has 0 atom stereocenters. The molecule has 0 aliphatic rings. The lowest BCUT2D eigenvalue weighted by Gasteiger charge is -2.06. The molecule has 0 bridgehead atoms. The zero-order chi connectivity index (χ0) is 12.3. The van der Waals surface area contributed by atoms with Crippen LogP contribution in [0.15, 0.2) is 30.3 Å². The maximum absolute atomic E-state index is 11.8. The van der Waals surface area contributed by atoms with Gasteiger partial charge in [-0.15, -0.1) is 0 Å². The molecule has 0 spiro atoms. The van der Waals surface area contributed by atoms with E-state index in [2.05, 4.69) is 15.5 Å². The van der Waals surface area contributed by atoms with E-state index in [1.165, 1.54) is 0 Å². The molecule has 17 heavy (non-hydrogen) atoms. The van der Waals surface area contributed by atoms with Gasteiger partial charge in [0.1, 0.15) is 0 Å². The van der Waals surface area contributed by atoms with E-state index in [4.69, 9.17) is 0 Å². The number of aryl methyl sites for hydroxylation is 2. The van der Waals surface area contributed by atoms with Gasteiger partial charge in [-0.2, -0.15) is 5.10 Å². The zero-order valence-electron chi connectivity index (χ0n) is 9.95. The predicted molar refractivity (Wildman–Crippen MR) is 66.8 cm³/mol. The van der Waals surface area contributed by atoms with Crippen molar-refractivity contribution in [1.29, 1.82) is 0 Å². The Morgan fingerprint density at radius 3 is 2.76 bits per heavy atom. The number of benzene rings is 1. The van der Waals surface area contributed by atoms with E-state index in [1.807, 2.05) is 44.2 Å². The van der Waals surface area contributed by atoms with Crippen LogP contribution in [-0.4, -0.2) is 16.1 Å². The van der Waals surface area contributed by atoms with Gasteiger partial charge >= 0.3 is 0 Å². The molecule has 1 aromatic carbocycles. The standard InChI is InChI=1S/C13H15N3O/c1-9-5-3-4-6-12(9)14-13(17)8-11-7-10(2)15-16-11/h3-7H,8H2,1-2H3,(H,14,17)(H,15,16). The predicted octanol–water partition coefficient (Wildman–Crippen LogP) is 2.21. The number of hydrogen-bond donors (Lipinski definition) is 2. The van der Waals surface area contributed by atoms with Gasteiger partial charge in [0.15, 0.2) is 0 Å². The molecule has 1 amide bonds. The van der Waals surface area contributed by atoms with Gasteiger partial charge in [0, 0.05) is 11.4 Å². The number of aromatic nitrogens is 2. The molecule has 0 saturated carbocycles. The molecule has 1 heterocycles. The van der Waals surface area contributed by atoms with E-state index in [1.54, 1.807) is 0 Å². The number of nitrogens with one attached hydrogen (secondary N) is 2. The number of anilines is 1. The van der Waals surface area contributed by atoms with Gasteiger partial charge in [-0.05, 0) is 31.5 Å². The first-order chi connectivity index (χ1) is 8.15. The average molecular weight is 229 g/mol. The second-order valence-electron chi connectivity index (χ2n) is 4.08. The maximum Gasteiger partial charge on any atom is 0.230 e. The van der Waals surface area contributed by atoms with Crippen LogP contribution >= 0.6 is 0 Å². The summed E-state index contributed by atoms with van der Waals surface area (Å²) in [7, 11) is 0. The van der Waals surface area contributed by atoms with Crippen molar-refractivity contribution in [2.75, 3.05) is 5.32 Å².